The van der Waals surface area contributed by atoms with Crippen molar-refractivity contribution < 1.29 is 81.9 Å². The standard InChI is InChI=1S/C36H48O17/c1-9-15(2)25(39)50-18-11-19(49-16(3)37)33(27(40)45-7)13-47-22-23(33)32(18)14-48-35(43,28(41)46-8)26(32)30(4,24(22)38)36-20-10-17(31(36,5)53-36)34(42)12-21(44-6)52-29(34)51-20/h9,17-24,26,29,38,42-43H,10-14H2,1-8H3. The van der Waals surface area contributed by atoms with Gasteiger partial charge in [-0.15, -0.1) is 0 Å². The smallest absolute Gasteiger partial charge is 0.366 e. The predicted molar refractivity (Wildman–Crippen MR) is 171 cm³/mol. The third-order valence-corrected chi connectivity index (χ3v) is 14.7. The molecule has 3 saturated carbocycles. The second-order valence-corrected chi connectivity index (χ2v) is 16.4. The van der Waals surface area contributed by atoms with Gasteiger partial charge in [0.15, 0.2) is 12.6 Å². The summed E-state index contributed by atoms with van der Waals surface area (Å²) in [5, 5.41) is 37.9. The molecular formula is C36H48O17. The number of hydrogen-bond donors (Lipinski definition) is 3. The van der Waals surface area contributed by atoms with Crippen LogP contribution in [0.5, 0.6) is 0 Å². The molecule has 3 N–H and O–H groups in total. The van der Waals surface area contributed by atoms with Gasteiger partial charge in [-0.25, -0.2) is 9.59 Å². The zero-order valence-electron chi connectivity index (χ0n) is 30.9. The first-order valence-electron chi connectivity index (χ1n) is 18.0. The number of esters is 4. The lowest BCUT2D eigenvalue weighted by molar-refractivity contribution is -0.321. The van der Waals surface area contributed by atoms with Crippen LogP contribution in [-0.2, 0) is 66.5 Å². The van der Waals surface area contributed by atoms with E-state index in [1.807, 2.05) is 0 Å². The number of fused-ring (bicyclic) bond motifs is 7. The Bertz CT molecular complexity index is 1670. The van der Waals surface area contributed by atoms with Gasteiger partial charge in [-0.3, -0.25) is 9.59 Å². The van der Waals surface area contributed by atoms with Gasteiger partial charge in [0.25, 0.3) is 5.79 Å². The third-order valence-electron chi connectivity index (χ3n) is 14.7. The van der Waals surface area contributed by atoms with Gasteiger partial charge in [0.05, 0.1) is 45.7 Å². The van der Waals surface area contributed by atoms with E-state index in [-0.39, 0.29) is 24.8 Å². The van der Waals surface area contributed by atoms with E-state index in [1.54, 1.807) is 33.8 Å². The van der Waals surface area contributed by atoms with E-state index in [0.29, 0.717) is 0 Å². The molecule has 5 saturated heterocycles. The van der Waals surface area contributed by atoms with Crippen LogP contribution in [0.2, 0.25) is 0 Å². The lowest BCUT2D eigenvalue weighted by atomic mass is 9.37. The number of hydrogen-bond acceptors (Lipinski definition) is 17. The minimum Gasteiger partial charge on any atom is -0.468 e. The van der Waals surface area contributed by atoms with Crippen LogP contribution in [0.1, 0.15) is 53.9 Å². The van der Waals surface area contributed by atoms with Crippen molar-refractivity contribution in [3.05, 3.63) is 11.6 Å². The molecular weight excluding hydrogens is 704 g/mol. The summed E-state index contributed by atoms with van der Waals surface area (Å²) in [5.74, 6) is -9.82. The van der Waals surface area contributed by atoms with Gasteiger partial charge in [0, 0.05) is 61.0 Å². The summed E-state index contributed by atoms with van der Waals surface area (Å²) in [6, 6.07) is 0. The molecule has 0 radical (unpaired) electrons. The minimum absolute atomic E-state index is 0.0672. The first kappa shape index (κ1) is 37.2. The molecule has 294 valence electrons. The maximum atomic E-state index is 14.2. The maximum Gasteiger partial charge on any atom is 0.366 e. The number of epoxide rings is 1. The maximum absolute atomic E-state index is 14.2. The van der Waals surface area contributed by atoms with Crippen LogP contribution < -0.4 is 0 Å². The lowest BCUT2D eigenvalue weighted by Crippen LogP contribution is -2.79. The Morgan fingerprint density at radius 2 is 1.60 bits per heavy atom. The van der Waals surface area contributed by atoms with Gasteiger partial charge >= 0.3 is 23.9 Å². The highest BCUT2D eigenvalue weighted by atomic mass is 16.8. The molecule has 5 heterocycles. The quantitative estimate of drug-likeness (QED) is 0.131. The first-order valence-corrected chi connectivity index (χ1v) is 18.0. The summed E-state index contributed by atoms with van der Waals surface area (Å²) in [6.45, 7) is 6.88. The summed E-state index contributed by atoms with van der Waals surface area (Å²) in [6.07, 6.45) is -6.77. The Balaban J connectivity index is 1.38. The van der Waals surface area contributed by atoms with Crippen LogP contribution in [0.25, 0.3) is 0 Å². The van der Waals surface area contributed by atoms with Crippen LogP contribution in [-0.4, -0.2) is 139 Å². The molecule has 0 aromatic rings. The van der Waals surface area contributed by atoms with E-state index in [4.69, 9.17) is 47.4 Å². The summed E-state index contributed by atoms with van der Waals surface area (Å²) in [7, 11) is 3.69. The highest BCUT2D eigenvalue weighted by molar-refractivity contribution is 5.88. The molecule has 3 aliphatic carbocycles. The number of aliphatic hydroxyl groups excluding tert-OH is 1. The van der Waals surface area contributed by atoms with Crippen LogP contribution in [0.15, 0.2) is 11.6 Å². The van der Waals surface area contributed by atoms with Crippen molar-refractivity contribution in [3.8, 4) is 0 Å². The highest BCUT2D eigenvalue weighted by Crippen LogP contribution is 2.83. The molecule has 2 bridgehead atoms. The zero-order valence-corrected chi connectivity index (χ0v) is 30.9. The van der Waals surface area contributed by atoms with Crippen molar-refractivity contribution in [2.75, 3.05) is 34.5 Å². The molecule has 17 unspecified atom stereocenters. The summed E-state index contributed by atoms with van der Waals surface area (Å²) in [5.41, 5.74) is -9.52. The molecule has 8 rings (SSSR count). The summed E-state index contributed by atoms with van der Waals surface area (Å²) >= 11 is 0. The Morgan fingerprint density at radius 1 is 0.906 bits per heavy atom. The van der Waals surface area contributed by atoms with Crippen LogP contribution in [0.3, 0.4) is 0 Å². The largest absolute Gasteiger partial charge is 0.468 e. The molecule has 8 fully saturated rings. The van der Waals surface area contributed by atoms with Gasteiger partial charge in [0.2, 0.25) is 0 Å². The molecule has 17 heteroatoms. The third kappa shape index (κ3) is 4.03. The van der Waals surface area contributed by atoms with Crippen molar-refractivity contribution in [1.29, 1.82) is 0 Å². The Hall–Kier alpha value is -2.74. The molecule has 8 aliphatic rings. The normalized spacial score (nSPS) is 54.2. The van der Waals surface area contributed by atoms with E-state index in [9.17, 15) is 34.5 Å². The average Bonchev–Trinajstić information content (AvgIpc) is 3.47. The number of aliphatic hydroxyl groups is 3. The second kappa shape index (κ2) is 11.4. The number of ether oxygens (including phenoxy) is 10. The Kier molecular flexibility index (Phi) is 8.01. The van der Waals surface area contributed by atoms with E-state index in [0.717, 1.165) is 14.2 Å². The number of carbonyl (C=O) groups is 4. The number of rotatable bonds is 7. The fourth-order valence-electron chi connectivity index (χ4n) is 12.7. The molecule has 53 heavy (non-hydrogen) atoms. The number of methoxy groups -OCH3 is 3. The van der Waals surface area contributed by atoms with Gasteiger partial charge < -0.3 is 62.7 Å². The molecule has 0 aromatic heterocycles. The van der Waals surface area contributed by atoms with Crippen LogP contribution in [0, 0.1) is 34.0 Å². The highest BCUT2D eigenvalue weighted by Gasteiger charge is 2.97. The zero-order chi connectivity index (χ0) is 38.5. The molecule has 0 aromatic carbocycles. The predicted octanol–water partition coefficient (Wildman–Crippen LogP) is -0.354. The van der Waals surface area contributed by atoms with E-state index >= 15 is 0 Å². The molecule has 5 aliphatic heterocycles. The average molecular weight is 753 g/mol. The Labute approximate surface area is 305 Å². The fourth-order valence-corrected chi connectivity index (χ4v) is 12.7. The topological polar surface area (TPSA) is 225 Å². The van der Waals surface area contributed by atoms with Crippen LogP contribution in [0.4, 0.5) is 0 Å². The molecule has 0 amide bonds. The number of carbonyl (C=O) groups excluding carboxylic acids is 4. The SMILES string of the molecule is CC=C(C)C(=O)OC1CC(OC(C)=O)C2(C(=O)OC)COC3C2C12COC(O)(C(=O)OC)C2C(C)(C12OC1(C)C1CC2OC2OC(OC)CC21O)C3O. The van der Waals surface area contributed by atoms with Crippen molar-refractivity contribution in [3.63, 3.8) is 0 Å². The monoisotopic (exact) mass is 752 g/mol. The van der Waals surface area contributed by atoms with Crippen molar-refractivity contribution >= 4 is 23.9 Å². The van der Waals surface area contributed by atoms with Gasteiger partial charge in [-0.05, 0) is 27.2 Å². The van der Waals surface area contributed by atoms with Crippen molar-refractivity contribution in [2.24, 2.45) is 34.0 Å². The molecule has 1 spiro atoms. The van der Waals surface area contributed by atoms with Gasteiger partial charge in [0.1, 0.15) is 34.4 Å². The lowest BCUT2D eigenvalue weighted by Gasteiger charge is -2.65. The van der Waals surface area contributed by atoms with Crippen LogP contribution >= 0.6 is 0 Å². The fraction of sp³-hybridized carbons (Fsp3) is 0.833. The summed E-state index contributed by atoms with van der Waals surface area (Å²) < 4.78 is 60.0. The van der Waals surface area contributed by atoms with Gasteiger partial charge in [-0.1, -0.05) is 13.0 Å². The first-order chi connectivity index (χ1) is 24.9. The molecule has 17 atom stereocenters. The van der Waals surface area contributed by atoms with Crippen molar-refractivity contribution in [2.45, 2.75) is 120 Å². The van der Waals surface area contributed by atoms with Gasteiger partial charge in [-0.2, -0.15) is 0 Å². The van der Waals surface area contributed by atoms with E-state index in [2.05, 4.69) is 0 Å². The Morgan fingerprint density at radius 3 is 2.23 bits per heavy atom. The van der Waals surface area contributed by atoms with E-state index < -0.39 is 137 Å². The van der Waals surface area contributed by atoms with Crippen molar-refractivity contribution in [1.82, 2.24) is 0 Å². The summed E-state index contributed by atoms with van der Waals surface area (Å²) in [4.78, 5) is 54.6. The minimum atomic E-state index is -2.84. The number of allylic oxidation sites excluding steroid dienone is 1. The molecule has 17 nitrogen and oxygen atoms in total. The van der Waals surface area contributed by atoms with E-state index in [1.165, 1.54) is 14.0 Å². The second-order valence-electron chi connectivity index (χ2n) is 16.4.